The molecule has 2 aliphatic carbocycles. The number of hydrogen-bond acceptors (Lipinski definition) is 4. The van der Waals surface area contributed by atoms with E-state index in [-0.39, 0.29) is 0 Å². The van der Waals surface area contributed by atoms with E-state index in [0.29, 0.717) is 25.8 Å². The second-order valence-corrected chi connectivity index (χ2v) is 7.82. The summed E-state index contributed by atoms with van der Waals surface area (Å²) < 4.78 is 5.57. The summed E-state index contributed by atoms with van der Waals surface area (Å²) in [5.74, 6) is 2.75. The maximum Gasteiger partial charge on any atom is 0.0897 e. The van der Waals surface area contributed by atoms with Gasteiger partial charge in [0.2, 0.25) is 0 Å². The van der Waals surface area contributed by atoms with E-state index < -0.39 is 6.10 Å². The van der Waals surface area contributed by atoms with Gasteiger partial charge in [0.15, 0.2) is 0 Å². The number of aliphatic hydroxyl groups excluding tert-OH is 1. The second-order valence-electron chi connectivity index (χ2n) is 6.78. The quantitative estimate of drug-likeness (QED) is 0.775. The van der Waals surface area contributed by atoms with Crippen LogP contribution >= 0.6 is 11.3 Å². The van der Waals surface area contributed by atoms with Gasteiger partial charge in [0, 0.05) is 17.5 Å². The third-order valence-corrected chi connectivity index (χ3v) is 6.10. The molecule has 1 heterocycles. The Labute approximate surface area is 131 Å². The Morgan fingerprint density at radius 1 is 1.43 bits per heavy atom. The van der Waals surface area contributed by atoms with E-state index in [9.17, 15) is 5.11 Å². The summed E-state index contributed by atoms with van der Waals surface area (Å²) >= 11 is 1.69. The van der Waals surface area contributed by atoms with E-state index in [4.69, 9.17) is 4.74 Å². The molecule has 21 heavy (non-hydrogen) atoms. The summed E-state index contributed by atoms with van der Waals surface area (Å²) in [7, 11) is 0. The highest BCUT2D eigenvalue weighted by Gasteiger charge is 2.41. The summed E-state index contributed by atoms with van der Waals surface area (Å²) in [6.45, 7) is 3.94. The molecule has 2 fully saturated rings. The normalized spacial score (nSPS) is 30.7. The van der Waals surface area contributed by atoms with Crippen LogP contribution in [0.1, 0.15) is 37.5 Å². The molecule has 2 saturated carbocycles. The fraction of sp³-hybridized carbons (Fsp3) is 0.765. The van der Waals surface area contributed by atoms with E-state index in [1.54, 1.807) is 11.3 Å². The predicted octanol–water partition coefficient (Wildman–Crippen LogP) is 3.04. The largest absolute Gasteiger partial charge is 0.389 e. The number of thiophene rings is 1. The first-order valence-corrected chi connectivity index (χ1v) is 9.12. The third-order valence-electron chi connectivity index (χ3n) is 5.25. The van der Waals surface area contributed by atoms with Gasteiger partial charge < -0.3 is 15.2 Å². The second kappa shape index (κ2) is 7.23. The van der Waals surface area contributed by atoms with Gasteiger partial charge in [-0.25, -0.2) is 0 Å². The van der Waals surface area contributed by atoms with Crippen LogP contribution < -0.4 is 5.32 Å². The molecule has 3 rings (SSSR count). The summed E-state index contributed by atoms with van der Waals surface area (Å²) in [4.78, 5) is 1.21. The average Bonchev–Trinajstić information content (AvgIpc) is 3.21. The van der Waals surface area contributed by atoms with Gasteiger partial charge in [0.25, 0.3) is 0 Å². The molecule has 0 spiro atoms. The monoisotopic (exact) mass is 309 g/mol. The van der Waals surface area contributed by atoms with Crippen LogP contribution in [0.3, 0.4) is 0 Å². The van der Waals surface area contributed by atoms with Crippen LogP contribution in [0.25, 0.3) is 0 Å². The van der Waals surface area contributed by atoms with Crippen molar-refractivity contribution in [3.8, 4) is 0 Å². The molecule has 2 aliphatic rings. The number of nitrogens with one attached hydrogen (secondary N) is 1. The molecule has 5 atom stereocenters. The first-order chi connectivity index (χ1) is 10.2. The minimum atomic E-state index is -0.411. The van der Waals surface area contributed by atoms with E-state index in [1.165, 1.54) is 30.6 Å². The van der Waals surface area contributed by atoms with Crippen LogP contribution in [0.2, 0.25) is 0 Å². The lowest BCUT2D eigenvalue weighted by atomic mass is 9.84. The van der Waals surface area contributed by atoms with Gasteiger partial charge in [-0.3, -0.25) is 0 Å². The van der Waals surface area contributed by atoms with Gasteiger partial charge in [-0.1, -0.05) is 12.5 Å². The predicted molar refractivity (Wildman–Crippen MR) is 86.4 cm³/mol. The number of aliphatic hydroxyl groups is 1. The van der Waals surface area contributed by atoms with Gasteiger partial charge in [-0.2, -0.15) is 0 Å². The summed E-state index contributed by atoms with van der Waals surface area (Å²) in [6.07, 6.45) is 5.31. The molecule has 0 radical (unpaired) electrons. The summed E-state index contributed by atoms with van der Waals surface area (Å²) in [6, 6.07) is 4.61. The molecular weight excluding hydrogens is 282 g/mol. The lowest BCUT2D eigenvalue weighted by molar-refractivity contribution is 0.0273. The highest BCUT2D eigenvalue weighted by Crippen LogP contribution is 2.49. The first kappa shape index (κ1) is 15.5. The maximum atomic E-state index is 10.0. The van der Waals surface area contributed by atoms with Crippen molar-refractivity contribution in [2.75, 3.05) is 13.2 Å². The lowest BCUT2D eigenvalue weighted by Crippen LogP contribution is -2.41. The molecule has 1 aromatic rings. The lowest BCUT2D eigenvalue weighted by Gasteiger charge is -2.29. The molecule has 0 saturated heterocycles. The molecule has 1 aromatic heterocycles. The molecule has 118 valence electrons. The molecule has 2 bridgehead atoms. The minimum Gasteiger partial charge on any atom is -0.389 e. The number of rotatable bonds is 8. The maximum absolute atomic E-state index is 10.0. The fourth-order valence-electron chi connectivity index (χ4n) is 4.13. The number of fused-ring (bicyclic) bond motifs is 2. The van der Waals surface area contributed by atoms with Crippen molar-refractivity contribution in [2.24, 2.45) is 17.8 Å². The van der Waals surface area contributed by atoms with Crippen molar-refractivity contribution in [3.63, 3.8) is 0 Å². The molecule has 3 nitrogen and oxygen atoms in total. The van der Waals surface area contributed by atoms with Crippen molar-refractivity contribution in [1.82, 2.24) is 5.32 Å². The molecule has 0 aromatic carbocycles. The Kier molecular flexibility index (Phi) is 5.33. The standard InChI is InChI=1S/C17H27NO2S/c1-12(17-8-13-4-5-14(17)7-13)18-9-15(19)10-20-11-16-3-2-6-21-16/h2-3,6,12-15,17-19H,4-5,7-11H2,1H3/t12-,13+,14-,15+,17-/m1/s1. The van der Waals surface area contributed by atoms with Crippen molar-refractivity contribution < 1.29 is 9.84 Å². The van der Waals surface area contributed by atoms with Gasteiger partial charge in [-0.05, 0) is 55.4 Å². The summed E-state index contributed by atoms with van der Waals surface area (Å²) in [5, 5.41) is 15.6. The molecule has 4 heteroatoms. The summed E-state index contributed by atoms with van der Waals surface area (Å²) in [5.41, 5.74) is 0. The Balaban J connectivity index is 1.31. The Morgan fingerprint density at radius 2 is 2.33 bits per heavy atom. The molecule has 0 unspecified atom stereocenters. The minimum absolute atomic E-state index is 0.411. The molecule has 2 N–H and O–H groups in total. The van der Waals surface area contributed by atoms with Crippen LogP contribution in [0, 0.1) is 17.8 Å². The Morgan fingerprint density at radius 3 is 3.00 bits per heavy atom. The highest BCUT2D eigenvalue weighted by atomic mass is 32.1. The van der Waals surface area contributed by atoms with E-state index >= 15 is 0 Å². The zero-order valence-corrected chi connectivity index (χ0v) is 13.6. The van der Waals surface area contributed by atoms with Gasteiger partial charge >= 0.3 is 0 Å². The molecule has 0 amide bonds. The van der Waals surface area contributed by atoms with Crippen molar-refractivity contribution in [2.45, 2.75) is 51.4 Å². The Hall–Kier alpha value is -0.420. The van der Waals surface area contributed by atoms with Crippen LogP contribution in [-0.4, -0.2) is 30.4 Å². The van der Waals surface area contributed by atoms with Crippen LogP contribution in [-0.2, 0) is 11.3 Å². The van der Waals surface area contributed by atoms with Crippen LogP contribution in [0.4, 0.5) is 0 Å². The average molecular weight is 309 g/mol. The van der Waals surface area contributed by atoms with E-state index in [0.717, 1.165) is 17.8 Å². The first-order valence-electron chi connectivity index (χ1n) is 8.24. The zero-order valence-electron chi connectivity index (χ0n) is 12.8. The Bertz CT molecular complexity index is 422. The van der Waals surface area contributed by atoms with Crippen molar-refractivity contribution in [3.05, 3.63) is 22.4 Å². The van der Waals surface area contributed by atoms with Crippen LogP contribution in [0.5, 0.6) is 0 Å². The molecular formula is C17H27NO2S. The molecule has 0 aliphatic heterocycles. The van der Waals surface area contributed by atoms with Gasteiger partial charge in [-0.15, -0.1) is 11.3 Å². The topological polar surface area (TPSA) is 41.5 Å². The van der Waals surface area contributed by atoms with E-state index in [2.05, 4.69) is 18.3 Å². The van der Waals surface area contributed by atoms with Gasteiger partial charge in [0.05, 0.1) is 19.3 Å². The number of hydrogen-bond donors (Lipinski definition) is 2. The van der Waals surface area contributed by atoms with E-state index in [1.807, 2.05) is 11.4 Å². The van der Waals surface area contributed by atoms with Crippen molar-refractivity contribution in [1.29, 1.82) is 0 Å². The van der Waals surface area contributed by atoms with Crippen LogP contribution in [0.15, 0.2) is 17.5 Å². The fourth-order valence-corrected chi connectivity index (χ4v) is 4.77. The highest BCUT2D eigenvalue weighted by molar-refractivity contribution is 7.09. The van der Waals surface area contributed by atoms with Crippen molar-refractivity contribution >= 4 is 11.3 Å². The smallest absolute Gasteiger partial charge is 0.0897 e. The zero-order chi connectivity index (χ0) is 14.7. The third kappa shape index (κ3) is 4.07. The SMILES string of the molecule is C[C@@H](NC[C@H](O)COCc1cccs1)[C@H]1C[C@H]2CC[C@@H]1C2. The number of ether oxygens (including phenoxy) is 1. The van der Waals surface area contributed by atoms with Gasteiger partial charge in [0.1, 0.15) is 0 Å².